The Labute approximate surface area is 263 Å². The summed E-state index contributed by atoms with van der Waals surface area (Å²) < 4.78 is 11.5. The Hall–Kier alpha value is -4.18. The van der Waals surface area contributed by atoms with Crippen molar-refractivity contribution in [3.63, 3.8) is 0 Å². The van der Waals surface area contributed by atoms with Crippen molar-refractivity contribution in [2.75, 3.05) is 0 Å². The highest BCUT2D eigenvalue weighted by molar-refractivity contribution is 7.36. The molecule has 0 bridgehead atoms. The predicted octanol–water partition coefficient (Wildman–Crippen LogP) is 10.2. The fourth-order valence-electron chi connectivity index (χ4n) is 4.66. The van der Waals surface area contributed by atoms with Gasteiger partial charge in [-0.3, -0.25) is 0 Å². The Morgan fingerprint density at radius 3 is 1.69 bits per heavy atom. The summed E-state index contributed by atoms with van der Waals surface area (Å²) in [5.41, 5.74) is 0.369. The molecule has 200 valence electrons. The summed E-state index contributed by atoms with van der Waals surface area (Å²) in [7, 11) is 0. The van der Waals surface area contributed by atoms with Crippen molar-refractivity contribution in [3.05, 3.63) is 42.0 Å². The first-order valence-corrected chi connectivity index (χ1v) is 17.0. The maximum atomic E-state index is 9.02. The molecule has 0 spiro atoms. The standard InChI is InChI=1S/C29H12N6OS6/c1-29(2)23-25-19(7-17(39-25)15-3-5-21(37-15)34-13(9-30)10-31)41-27(23)28-24(36-29)26-20(42-28)8-18(40-26)16-4-6-22(38-16)35-14(11-32)12-33/h3-8H,1-2H3. The average Bonchev–Trinajstić information content (AvgIpc) is 3.79. The third-order valence-corrected chi connectivity index (χ3v) is 13.7. The molecule has 6 aromatic rings. The molecule has 13 heteroatoms. The van der Waals surface area contributed by atoms with Crippen molar-refractivity contribution in [1.29, 1.82) is 21.0 Å². The largest absolute Gasteiger partial charge is 0.480 e. The molecule has 7 heterocycles. The van der Waals surface area contributed by atoms with E-state index in [0.29, 0.717) is 10.0 Å². The summed E-state index contributed by atoms with van der Waals surface area (Å²) in [4.78, 5) is 15.0. The minimum absolute atomic E-state index is 0.151. The Balaban J connectivity index is 1.26. The molecular formula is C29H12N6OS6. The van der Waals surface area contributed by atoms with Crippen molar-refractivity contribution >= 4 is 108 Å². The molecule has 1 aliphatic rings. The lowest BCUT2D eigenvalue weighted by Crippen LogP contribution is -2.27. The monoisotopic (exact) mass is 652 g/mol. The van der Waals surface area contributed by atoms with E-state index < -0.39 is 5.60 Å². The number of ether oxygens (including phenoxy) is 1. The van der Waals surface area contributed by atoms with Gasteiger partial charge < -0.3 is 4.74 Å². The van der Waals surface area contributed by atoms with E-state index >= 15 is 0 Å². The zero-order valence-corrected chi connectivity index (χ0v) is 26.4. The Morgan fingerprint density at radius 1 is 0.643 bits per heavy atom. The van der Waals surface area contributed by atoms with E-state index in [-0.39, 0.29) is 11.4 Å². The fourth-order valence-corrected chi connectivity index (χ4v) is 12.2. The van der Waals surface area contributed by atoms with Crippen molar-refractivity contribution in [1.82, 2.24) is 0 Å². The molecule has 0 aromatic carbocycles. The van der Waals surface area contributed by atoms with Gasteiger partial charge in [-0.1, -0.05) is 0 Å². The molecule has 0 unspecified atom stereocenters. The van der Waals surface area contributed by atoms with Crippen molar-refractivity contribution in [2.45, 2.75) is 19.4 Å². The van der Waals surface area contributed by atoms with Crippen LogP contribution in [0.4, 0.5) is 10.0 Å². The first-order valence-electron chi connectivity index (χ1n) is 12.1. The second-order valence-electron chi connectivity index (χ2n) is 9.43. The first kappa shape index (κ1) is 26.7. The summed E-state index contributed by atoms with van der Waals surface area (Å²) >= 11 is 9.86. The van der Waals surface area contributed by atoms with Crippen molar-refractivity contribution in [3.8, 4) is 59.3 Å². The quantitative estimate of drug-likeness (QED) is 0.175. The molecule has 42 heavy (non-hydrogen) atoms. The minimum Gasteiger partial charge on any atom is -0.480 e. The van der Waals surface area contributed by atoms with E-state index in [4.69, 9.17) is 25.8 Å². The zero-order valence-electron chi connectivity index (χ0n) is 21.5. The fraction of sp³-hybridized carbons (Fsp3) is 0.103. The van der Waals surface area contributed by atoms with Crippen LogP contribution in [-0.4, -0.2) is 11.4 Å². The van der Waals surface area contributed by atoms with Gasteiger partial charge in [0, 0.05) is 29.8 Å². The number of fused-ring (bicyclic) bond motifs is 7. The summed E-state index contributed by atoms with van der Waals surface area (Å²) in [6.45, 7) is 4.24. The summed E-state index contributed by atoms with van der Waals surface area (Å²) in [5, 5.41) is 37.3. The highest BCUT2D eigenvalue weighted by Crippen LogP contribution is 2.61. The molecule has 0 saturated carbocycles. The first-order chi connectivity index (χ1) is 20.3. The van der Waals surface area contributed by atoms with Crippen molar-refractivity contribution in [2.24, 2.45) is 9.98 Å². The number of hydrogen-bond donors (Lipinski definition) is 0. The van der Waals surface area contributed by atoms with Gasteiger partial charge in [0.1, 0.15) is 39.9 Å². The van der Waals surface area contributed by atoms with Gasteiger partial charge in [0.2, 0.25) is 11.4 Å². The average molecular weight is 653 g/mol. The van der Waals surface area contributed by atoms with Gasteiger partial charge in [0.05, 0.1) is 23.9 Å². The minimum atomic E-state index is -0.532. The lowest BCUT2D eigenvalue weighted by molar-refractivity contribution is 0.111. The topological polar surface area (TPSA) is 129 Å². The van der Waals surface area contributed by atoms with E-state index in [1.165, 1.54) is 42.5 Å². The van der Waals surface area contributed by atoms with Crippen molar-refractivity contribution < 1.29 is 4.74 Å². The lowest BCUT2D eigenvalue weighted by Gasteiger charge is -2.31. The SMILES string of the molecule is CC1(C)Oc2c(sc3cc(-c4ccc(N=C(C#N)C#N)s4)sc23)-c2sc3cc(-c4ccc(N=C(C#N)C#N)s4)sc3c21. The number of rotatable bonds is 4. The number of nitriles is 4. The summed E-state index contributed by atoms with van der Waals surface area (Å²) in [5.74, 6) is 0.926. The van der Waals surface area contributed by atoms with Gasteiger partial charge in [-0.25, -0.2) is 9.98 Å². The molecule has 0 aliphatic carbocycles. The molecule has 0 atom stereocenters. The Kier molecular flexibility index (Phi) is 6.34. The van der Waals surface area contributed by atoms with E-state index in [2.05, 4.69) is 36.0 Å². The second kappa shape index (κ2) is 9.97. The van der Waals surface area contributed by atoms with Gasteiger partial charge in [-0.2, -0.15) is 21.0 Å². The van der Waals surface area contributed by atoms with E-state index in [0.717, 1.165) is 39.5 Å². The van der Waals surface area contributed by atoms with Gasteiger partial charge in [0.15, 0.2) is 5.75 Å². The van der Waals surface area contributed by atoms with Crippen LogP contribution >= 0.6 is 68.0 Å². The molecule has 7 nitrogen and oxygen atoms in total. The van der Waals surface area contributed by atoms with Crippen LogP contribution in [0.3, 0.4) is 0 Å². The maximum Gasteiger partial charge on any atom is 0.219 e. The Morgan fingerprint density at radius 2 is 1.14 bits per heavy atom. The van der Waals surface area contributed by atoms with Gasteiger partial charge >= 0.3 is 0 Å². The Bertz CT molecular complexity index is 2290. The molecule has 0 saturated heterocycles. The van der Waals surface area contributed by atoms with Gasteiger partial charge in [-0.15, -0.1) is 68.0 Å². The molecule has 7 rings (SSSR count). The lowest BCUT2D eigenvalue weighted by atomic mass is 9.95. The molecule has 0 N–H and O–H groups in total. The van der Waals surface area contributed by atoms with Crippen LogP contribution in [0.1, 0.15) is 19.4 Å². The third-order valence-electron chi connectivity index (χ3n) is 6.39. The van der Waals surface area contributed by atoms with E-state index in [9.17, 15) is 0 Å². The van der Waals surface area contributed by atoms with Crippen LogP contribution in [0.25, 0.3) is 48.1 Å². The van der Waals surface area contributed by atoms with E-state index in [1.807, 2.05) is 48.5 Å². The highest BCUT2D eigenvalue weighted by atomic mass is 32.1. The molecule has 0 amide bonds. The van der Waals surface area contributed by atoms with Crippen LogP contribution in [0.5, 0.6) is 5.75 Å². The highest BCUT2D eigenvalue weighted by Gasteiger charge is 2.39. The molecular weight excluding hydrogens is 641 g/mol. The number of nitrogens with zero attached hydrogens (tertiary/aromatic N) is 6. The summed E-state index contributed by atoms with van der Waals surface area (Å²) in [6, 6.07) is 19.3. The smallest absolute Gasteiger partial charge is 0.219 e. The predicted molar refractivity (Wildman–Crippen MR) is 175 cm³/mol. The maximum absolute atomic E-state index is 9.02. The number of thiophene rings is 6. The normalized spacial score (nSPS) is 12.8. The number of hydrogen-bond acceptors (Lipinski definition) is 13. The van der Waals surface area contributed by atoms with Crippen LogP contribution in [0.15, 0.2) is 46.4 Å². The van der Waals surface area contributed by atoms with Crippen LogP contribution < -0.4 is 4.74 Å². The van der Waals surface area contributed by atoms with Gasteiger partial charge in [-0.05, 0) is 50.2 Å². The molecule has 1 aliphatic heterocycles. The zero-order chi connectivity index (χ0) is 29.2. The van der Waals surface area contributed by atoms with E-state index in [1.54, 1.807) is 45.3 Å². The van der Waals surface area contributed by atoms with Gasteiger partial charge in [0.25, 0.3) is 0 Å². The number of aliphatic imine (C=N–C) groups is 2. The molecule has 6 aromatic heterocycles. The summed E-state index contributed by atoms with van der Waals surface area (Å²) in [6.07, 6.45) is 0. The third kappa shape index (κ3) is 4.27. The second-order valence-corrected chi connectivity index (χ2v) is 15.8. The van der Waals surface area contributed by atoms with Crippen LogP contribution in [0, 0.1) is 45.3 Å². The van der Waals surface area contributed by atoms with Crippen LogP contribution in [-0.2, 0) is 5.60 Å². The molecule has 0 radical (unpaired) electrons. The molecule has 0 fully saturated rings. The van der Waals surface area contributed by atoms with Crippen LogP contribution in [0.2, 0.25) is 0 Å².